The Kier molecular flexibility index (Phi) is 2.19. The molecule has 1 rings (SSSR count). The first kappa shape index (κ1) is 6.71. The van der Waals surface area contributed by atoms with Crippen molar-refractivity contribution < 1.29 is 4.79 Å². The molecule has 0 saturated carbocycles. The van der Waals surface area contributed by atoms with Gasteiger partial charge in [-0.3, -0.25) is 10.2 Å². The highest BCUT2D eigenvalue weighted by atomic mass is 16.1. The molecule has 1 atom stereocenters. The number of nitrogens with zero attached hydrogens (tertiary/aromatic N) is 1. The van der Waals surface area contributed by atoms with Gasteiger partial charge < -0.3 is 4.79 Å². The number of carbonyl (C=O) groups is 1. The van der Waals surface area contributed by atoms with Gasteiger partial charge in [0.2, 0.25) is 0 Å². The van der Waals surface area contributed by atoms with E-state index < -0.39 is 0 Å². The number of rotatable bonds is 1. The third-order valence-electron chi connectivity index (χ3n) is 1.64. The smallest absolute Gasteiger partial charge is 0.151 e. The number of hydrogen-bond acceptors (Lipinski definition) is 3. The van der Waals surface area contributed by atoms with Gasteiger partial charge in [-0.15, -0.1) is 0 Å². The predicted octanol–water partition coefficient (Wildman–Crippen LogP) is -0.563. The van der Waals surface area contributed by atoms with E-state index >= 15 is 0 Å². The topological polar surface area (TPSA) is 32.3 Å². The summed E-state index contributed by atoms with van der Waals surface area (Å²) in [6, 6.07) is 0. The second kappa shape index (κ2) is 2.94. The number of nitrogens with one attached hydrogen (secondary N) is 1. The summed E-state index contributed by atoms with van der Waals surface area (Å²) >= 11 is 0. The van der Waals surface area contributed by atoms with E-state index in [0.717, 1.165) is 25.8 Å². The van der Waals surface area contributed by atoms with E-state index in [9.17, 15) is 4.79 Å². The van der Waals surface area contributed by atoms with Crippen LogP contribution >= 0.6 is 0 Å². The second-order valence-electron chi connectivity index (χ2n) is 2.37. The molecule has 0 aliphatic carbocycles. The first-order valence-electron chi connectivity index (χ1n) is 3.23. The monoisotopic (exact) mass is 128 g/mol. The average Bonchev–Trinajstić information content (AvgIpc) is 1.89. The number of aldehydes is 1. The molecule has 0 aromatic rings. The van der Waals surface area contributed by atoms with E-state index in [4.69, 9.17) is 0 Å². The maximum atomic E-state index is 10.3. The summed E-state index contributed by atoms with van der Waals surface area (Å²) in [5, 5.41) is 3.08. The molecule has 1 heterocycles. The third-order valence-corrected chi connectivity index (χ3v) is 1.64. The minimum absolute atomic E-state index is 0.0428. The van der Waals surface area contributed by atoms with Gasteiger partial charge >= 0.3 is 0 Å². The summed E-state index contributed by atoms with van der Waals surface area (Å²) in [7, 11) is 1.95. The van der Waals surface area contributed by atoms with Crippen LogP contribution in [0.15, 0.2) is 0 Å². The lowest BCUT2D eigenvalue weighted by Gasteiger charge is -2.29. The van der Waals surface area contributed by atoms with Crippen molar-refractivity contribution in [1.82, 2.24) is 10.2 Å². The average molecular weight is 128 g/mol. The molecular formula is C6H12N2O. The van der Waals surface area contributed by atoms with Gasteiger partial charge in [-0.25, -0.2) is 0 Å². The Morgan fingerprint density at radius 1 is 1.78 bits per heavy atom. The zero-order valence-corrected chi connectivity index (χ0v) is 5.63. The van der Waals surface area contributed by atoms with Crippen LogP contribution in [0.5, 0.6) is 0 Å². The van der Waals surface area contributed by atoms with Crippen LogP contribution in [-0.4, -0.2) is 37.5 Å². The number of likely N-dealkylation sites (N-methyl/N-ethyl adjacent to an activating group) is 1. The van der Waals surface area contributed by atoms with E-state index in [-0.39, 0.29) is 6.17 Å². The van der Waals surface area contributed by atoms with E-state index in [1.165, 1.54) is 0 Å². The van der Waals surface area contributed by atoms with Crippen molar-refractivity contribution in [3.05, 3.63) is 0 Å². The van der Waals surface area contributed by atoms with Crippen LogP contribution in [0.4, 0.5) is 0 Å². The quantitative estimate of drug-likeness (QED) is 0.480. The van der Waals surface area contributed by atoms with Crippen molar-refractivity contribution in [2.24, 2.45) is 0 Å². The largest absolute Gasteiger partial charge is 0.300 e. The van der Waals surface area contributed by atoms with Gasteiger partial charge in [0.15, 0.2) is 6.29 Å². The molecule has 0 aromatic heterocycles. The minimum Gasteiger partial charge on any atom is -0.300 e. The Morgan fingerprint density at radius 2 is 2.56 bits per heavy atom. The molecule has 1 aliphatic rings. The lowest BCUT2D eigenvalue weighted by atomic mass is 10.3. The van der Waals surface area contributed by atoms with E-state index in [1.54, 1.807) is 0 Å². The van der Waals surface area contributed by atoms with Crippen molar-refractivity contribution in [1.29, 1.82) is 0 Å². The summed E-state index contributed by atoms with van der Waals surface area (Å²) in [5.74, 6) is 0. The van der Waals surface area contributed by atoms with Crippen LogP contribution in [-0.2, 0) is 4.79 Å². The molecule has 1 saturated heterocycles. The number of hydrogen-bond donors (Lipinski definition) is 1. The van der Waals surface area contributed by atoms with Crippen LogP contribution in [0, 0.1) is 0 Å². The zero-order chi connectivity index (χ0) is 6.69. The maximum absolute atomic E-state index is 10.3. The second-order valence-corrected chi connectivity index (χ2v) is 2.37. The van der Waals surface area contributed by atoms with Gasteiger partial charge in [-0.2, -0.15) is 0 Å². The fraction of sp³-hybridized carbons (Fsp3) is 0.833. The first-order valence-corrected chi connectivity index (χ1v) is 3.23. The van der Waals surface area contributed by atoms with Crippen molar-refractivity contribution in [3.63, 3.8) is 0 Å². The van der Waals surface area contributed by atoms with Gasteiger partial charge in [-0.1, -0.05) is 0 Å². The van der Waals surface area contributed by atoms with Gasteiger partial charge in [-0.05, 0) is 20.0 Å². The summed E-state index contributed by atoms with van der Waals surface area (Å²) in [5.41, 5.74) is 0. The third kappa shape index (κ3) is 1.50. The molecule has 1 N–H and O–H groups in total. The molecule has 52 valence electrons. The van der Waals surface area contributed by atoms with Crippen molar-refractivity contribution in [2.75, 3.05) is 20.1 Å². The minimum atomic E-state index is -0.0428. The van der Waals surface area contributed by atoms with Gasteiger partial charge in [0.05, 0.1) is 0 Å². The molecule has 0 radical (unpaired) electrons. The van der Waals surface area contributed by atoms with E-state index in [2.05, 4.69) is 5.32 Å². The molecule has 0 spiro atoms. The standard InChI is InChI=1S/C6H12N2O/c1-8-4-2-3-7-6(8)5-9/h5-7H,2-4H2,1H3. The Balaban J connectivity index is 2.38. The van der Waals surface area contributed by atoms with Crippen molar-refractivity contribution >= 4 is 6.29 Å². The van der Waals surface area contributed by atoms with Crippen molar-refractivity contribution in [2.45, 2.75) is 12.6 Å². The Bertz CT molecular complexity index is 105. The Hall–Kier alpha value is -0.410. The molecule has 0 amide bonds. The molecular weight excluding hydrogens is 116 g/mol. The van der Waals surface area contributed by atoms with Crippen LogP contribution in [0.2, 0.25) is 0 Å². The van der Waals surface area contributed by atoms with Crippen LogP contribution in [0.1, 0.15) is 6.42 Å². The first-order chi connectivity index (χ1) is 4.34. The van der Waals surface area contributed by atoms with Crippen LogP contribution in [0.25, 0.3) is 0 Å². The highest BCUT2D eigenvalue weighted by molar-refractivity contribution is 5.56. The molecule has 0 bridgehead atoms. The lowest BCUT2D eigenvalue weighted by Crippen LogP contribution is -2.50. The SMILES string of the molecule is CN1CCCNC1C=O. The van der Waals surface area contributed by atoms with Gasteiger partial charge in [0, 0.05) is 6.54 Å². The summed E-state index contributed by atoms with van der Waals surface area (Å²) in [4.78, 5) is 12.3. The fourth-order valence-electron chi connectivity index (χ4n) is 1.03. The summed E-state index contributed by atoms with van der Waals surface area (Å²) in [6.45, 7) is 1.99. The van der Waals surface area contributed by atoms with Gasteiger partial charge in [0.25, 0.3) is 0 Å². The molecule has 3 heteroatoms. The highest BCUT2D eigenvalue weighted by Crippen LogP contribution is 1.97. The van der Waals surface area contributed by atoms with Gasteiger partial charge in [0.1, 0.15) is 6.17 Å². The van der Waals surface area contributed by atoms with E-state index in [0.29, 0.717) is 0 Å². The Labute approximate surface area is 55.0 Å². The molecule has 3 nitrogen and oxygen atoms in total. The normalized spacial score (nSPS) is 30.1. The Morgan fingerprint density at radius 3 is 3.00 bits per heavy atom. The fourth-order valence-corrected chi connectivity index (χ4v) is 1.03. The lowest BCUT2D eigenvalue weighted by molar-refractivity contribution is -0.113. The zero-order valence-electron chi connectivity index (χ0n) is 5.63. The predicted molar refractivity (Wildman–Crippen MR) is 35.1 cm³/mol. The van der Waals surface area contributed by atoms with Crippen LogP contribution < -0.4 is 5.32 Å². The summed E-state index contributed by atoms with van der Waals surface area (Å²) < 4.78 is 0. The summed E-state index contributed by atoms with van der Waals surface area (Å²) in [6.07, 6.45) is 2.04. The highest BCUT2D eigenvalue weighted by Gasteiger charge is 2.15. The molecule has 1 fully saturated rings. The van der Waals surface area contributed by atoms with Crippen LogP contribution in [0.3, 0.4) is 0 Å². The van der Waals surface area contributed by atoms with E-state index in [1.807, 2.05) is 11.9 Å². The molecule has 9 heavy (non-hydrogen) atoms. The molecule has 0 aromatic carbocycles. The van der Waals surface area contributed by atoms with Crippen molar-refractivity contribution in [3.8, 4) is 0 Å². The molecule has 1 unspecified atom stereocenters. The maximum Gasteiger partial charge on any atom is 0.151 e. The molecule has 1 aliphatic heterocycles. The number of carbonyl (C=O) groups excluding carboxylic acids is 1.